The van der Waals surface area contributed by atoms with Crippen LogP contribution < -0.4 is 5.32 Å². The predicted molar refractivity (Wildman–Crippen MR) is 85.8 cm³/mol. The molecule has 2 aromatic rings. The Morgan fingerprint density at radius 3 is 2.91 bits per heavy atom. The SMILES string of the molecule is CC(=O)NC1CCCN(C(=O)c2cc3ccc(C)cc3[nH]2)C1. The Bertz CT molecular complexity index is 720. The van der Waals surface area contributed by atoms with Crippen molar-refractivity contribution in [2.45, 2.75) is 32.7 Å². The highest BCUT2D eigenvalue weighted by Gasteiger charge is 2.25. The fraction of sp³-hybridized carbons (Fsp3) is 0.412. The molecule has 2 amide bonds. The number of likely N-dealkylation sites (tertiary alicyclic amines) is 1. The monoisotopic (exact) mass is 299 g/mol. The number of nitrogens with zero attached hydrogens (tertiary/aromatic N) is 1. The normalized spacial score (nSPS) is 18.5. The number of carbonyl (C=O) groups excluding carboxylic acids is 2. The first-order valence-electron chi connectivity index (χ1n) is 7.68. The number of carbonyl (C=O) groups is 2. The second-order valence-electron chi connectivity index (χ2n) is 6.06. The van der Waals surface area contributed by atoms with Crippen molar-refractivity contribution in [3.05, 3.63) is 35.5 Å². The molecule has 0 aliphatic carbocycles. The van der Waals surface area contributed by atoms with Crippen LogP contribution >= 0.6 is 0 Å². The van der Waals surface area contributed by atoms with Gasteiger partial charge in [-0.15, -0.1) is 0 Å². The number of rotatable bonds is 2. The van der Waals surface area contributed by atoms with Gasteiger partial charge in [0.15, 0.2) is 0 Å². The topological polar surface area (TPSA) is 65.2 Å². The standard InChI is InChI=1S/C17H21N3O2/c1-11-5-6-13-9-16(19-15(13)8-11)17(22)20-7-3-4-14(10-20)18-12(2)21/h5-6,8-9,14,19H,3-4,7,10H2,1-2H3,(H,18,21). The number of hydrogen-bond donors (Lipinski definition) is 2. The van der Waals surface area contributed by atoms with Gasteiger partial charge in [-0.2, -0.15) is 0 Å². The zero-order valence-corrected chi connectivity index (χ0v) is 13.0. The molecule has 0 spiro atoms. The number of benzene rings is 1. The van der Waals surface area contributed by atoms with Crippen molar-refractivity contribution in [3.63, 3.8) is 0 Å². The van der Waals surface area contributed by atoms with E-state index in [0.717, 1.165) is 35.9 Å². The van der Waals surface area contributed by atoms with Gasteiger partial charge in [-0.3, -0.25) is 9.59 Å². The molecule has 1 aliphatic rings. The van der Waals surface area contributed by atoms with Crippen molar-refractivity contribution in [3.8, 4) is 0 Å². The lowest BCUT2D eigenvalue weighted by Gasteiger charge is -2.32. The number of hydrogen-bond acceptors (Lipinski definition) is 2. The fourth-order valence-corrected chi connectivity index (χ4v) is 3.09. The zero-order valence-electron chi connectivity index (χ0n) is 13.0. The molecule has 1 aromatic heterocycles. The van der Waals surface area contributed by atoms with Crippen molar-refractivity contribution in [2.75, 3.05) is 13.1 Å². The van der Waals surface area contributed by atoms with Crippen molar-refractivity contribution >= 4 is 22.7 Å². The second-order valence-corrected chi connectivity index (χ2v) is 6.06. The molecular formula is C17H21N3O2. The summed E-state index contributed by atoms with van der Waals surface area (Å²) in [5, 5.41) is 3.95. The van der Waals surface area contributed by atoms with Gasteiger partial charge in [0, 0.05) is 37.0 Å². The Morgan fingerprint density at radius 1 is 1.32 bits per heavy atom. The van der Waals surface area contributed by atoms with E-state index in [1.54, 1.807) is 0 Å². The number of aromatic amines is 1. The maximum absolute atomic E-state index is 12.7. The number of fused-ring (bicyclic) bond motifs is 1. The van der Waals surface area contributed by atoms with Crippen molar-refractivity contribution in [1.29, 1.82) is 0 Å². The zero-order chi connectivity index (χ0) is 15.7. The summed E-state index contributed by atoms with van der Waals surface area (Å²) < 4.78 is 0. The fourth-order valence-electron chi connectivity index (χ4n) is 3.09. The lowest BCUT2D eigenvalue weighted by Crippen LogP contribution is -2.49. The quantitative estimate of drug-likeness (QED) is 0.893. The molecule has 2 heterocycles. The number of aryl methyl sites for hydroxylation is 1. The summed E-state index contributed by atoms with van der Waals surface area (Å²) in [7, 11) is 0. The van der Waals surface area contributed by atoms with Crippen LogP contribution in [0.25, 0.3) is 10.9 Å². The molecule has 1 unspecified atom stereocenters. The Hall–Kier alpha value is -2.30. The average Bonchev–Trinajstić information content (AvgIpc) is 2.89. The Balaban J connectivity index is 1.78. The first-order chi connectivity index (χ1) is 10.5. The van der Waals surface area contributed by atoms with Crippen LogP contribution in [0.1, 0.15) is 35.8 Å². The van der Waals surface area contributed by atoms with Gasteiger partial charge in [0.05, 0.1) is 0 Å². The van der Waals surface area contributed by atoms with Crippen LogP contribution in [0.4, 0.5) is 0 Å². The molecule has 3 rings (SSSR count). The summed E-state index contributed by atoms with van der Waals surface area (Å²) in [6.07, 6.45) is 1.84. The van der Waals surface area contributed by atoms with E-state index in [4.69, 9.17) is 0 Å². The van der Waals surface area contributed by atoms with Gasteiger partial charge >= 0.3 is 0 Å². The first-order valence-corrected chi connectivity index (χ1v) is 7.68. The molecule has 5 nitrogen and oxygen atoms in total. The highest BCUT2D eigenvalue weighted by atomic mass is 16.2. The van der Waals surface area contributed by atoms with Crippen LogP contribution in [-0.4, -0.2) is 40.8 Å². The lowest BCUT2D eigenvalue weighted by atomic mass is 10.1. The minimum absolute atomic E-state index is 0.00362. The minimum atomic E-state index is -0.0413. The van der Waals surface area contributed by atoms with Crippen LogP contribution in [0.2, 0.25) is 0 Å². The van der Waals surface area contributed by atoms with Crippen LogP contribution in [0, 0.1) is 6.92 Å². The third-order valence-electron chi connectivity index (χ3n) is 4.12. The molecule has 2 N–H and O–H groups in total. The molecule has 1 aromatic carbocycles. The predicted octanol–water partition coefficient (Wildman–Crippen LogP) is 2.22. The van der Waals surface area contributed by atoms with E-state index in [9.17, 15) is 9.59 Å². The Labute approximate surface area is 129 Å². The van der Waals surface area contributed by atoms with Gasteiger partial charge in [-0.05, 0) is 37.5 Å². The lowest BCUT2D eigenvalue weighted by molar-refractivity contribution is -0.120. The largest absolute Gasteiger partial charge is 0.352 e. The van der Waals surface area contributed by atoms with E-state index in [2.05, 4.69) is 10.3 Å². The average molecular weight is 299 g/mol. The van der Waals surface area contributed by atoms with E-state index in [-0.39, 0.29) is 17.9 Å². The smallest absolute Gasteiger partial charge is 0.270 e. The van der Waals surface area contributed by atoms with E-state index < -0.39 is 0 Å². The molecule has 0 saturated carbocycles. The summed E-state index contributed by atoms with van der Waals surface area (Å²) in [4.78, 5) is 28.9. The third kappa shape index (κ3) is 2.98. The van der Waals surface area contributed by atoms with E-state index in [0.29, 0.717) is 12.2 Å². The van der Waals surface area contributed by atoms with Crippen LogP contribution in [-0.2, 0) is 4.79 Å². The van der Waals surface area contributed by atoms with Gasteiger partial charge in [0.1, 0.15) is 5.69 Å². The third-order valence-corrected chi connectivity index (χ3v) is 4.12. The summed E-state index contributed by atoms with van der Waals surface area (Å²) in [5.74, 6) is -0.0377. The van der Waals surface area contributed by atoms with Gasteiger partial charge in [0.25, 0.3) is 5.91 Å². The first kappa shape index (κ1) is 14.6. The van der Waals surface area contributed by atoms with Crippen LogP contribution in [0.15, 0.2) is 24.3 Å². The second kappa shape index (κ2) is 5.83. The molecule has 0 radical (unpaired) electrons. The van der Waals surface area contributed by atoms with Crippen LogP contribution in [0.3, 0.4) is 0 Å². The molecular weight excluding hydrogens is 278 g/mol. The number of aromatic nitrogens is 1. The minimum Gasteiger partial charge on any atom is -0.352 e. The molecule has 22 heavy (non-hydrogen) atoms. The van der Waals surface area contributed by atoms with Crippen molar-refractivity contribution < 1.29 is 9.59 Å². The van der Waals surface area contributed by atoms with E-state index >= 15 is 0 Å². The molecule has 0 bridgehead atoms. The molecule has 1 saturated heterocycles. The maximum Gasteiger partial charge on any atom is 0.270 e. The maximum atomic E-state index is 12.7. The van der Waals surface area contributed by atoms with E-state index in [1.165, 1.54) is 6.92 Å². The highest BCUT2D eigenvalue weighted by Crippen LogP contribution is 2.19. The van der Waals surface area contributed by atoms with Crippen molar-refractivity contribution in [2.24, 2.45) is 0 Å². The molecule has 116 valence electrons. The molecule has 5 heteroatoms. The van der Waals surface area contributed by atoms with Gasteiger partial charge in [-0.25, -0.2) is 0 Å². The summed E-state index contributed by atoms with van der Waals surface area (Å²) in [5.41, 5.74) is 2.76. The molecule has 1 atom stereocenters. The highest BCUT2D eigenvalue weighted by molar-refractivity contribution is 5.98. The van der Waals surface area contributed by atoms with Gasteiger partial charge in [-0.1, -0.05) is 12.1 Å². The number of piperidine rings is 1. The van der Waals surface area contributed by atoms with Gasteiger partial charge in [0.2, 0.25) is 5.91 Å². The van der Waals surface area contributed by atoms with Crippen LogP contribution in [0.5, 0.6) is 0 Å². The Morgan fingerprint density at radius 2 is 2.14 bits per heavy atom. The number of nitrogens with one attached hydrogen (secondary N) is 2. The summed E-state index contributed by atoms with van der Waals surface area (Å²) >= 11 is 0. The summed E-state index contributed by atoms with van der Waals surface area (Å²) in [6.45, 7) is 4.86. The molecule has 1 fully saturated rings. The van der Waals surface area contributed by atoms with E-state index in [1.807, 2.05) is 36.1 Å². The number of H-pyrrole nitrogens is 1. The molecule has 1 aliphatic heterocycles. The van der Waals surface area contributed by atoms with Crippen molar-refractivity contribution in [1.82, 2.24) is 15.2 Å². The van der Waals surface area contributed by atoms with Gasteiger partial charge < -0.3 is 15.2 Å². The number of amides is 2. The summed E-state index contributed by atoms with van der Waals surface area (Å²) in [6, 6.07) is 8.07. The Kier molecular flexibility index (Phi) is 3.88.